The van der Waals surface area contributed by atoms with E-state index in [1.54, 1.807) is 13.2 Å². The summed E-state index contributed by atoms with van der Waals surface area (Å²) in [4.78, 5) is 27.2. The molecule has 1 saturated heterocycles. The number of thiocarbonyl (C=S) groups is 1. The van der Waals surface area contributed by atoms with Gasteiger partial charge in [0, 0.05) is 29.9 Å². The number of carbonyl (C=O) groups excluding carboxylic acids is 1. The lowest BCUT2D eigenvalue weighted by molar-refractivity contribution is -0.140. The van der Waals surface area contributed by atoms with Crippen LogP contribution in [0.25, 0.3) is 11.6 Å². The summed E-state index contributed by atoms with van der Waals surface area (Å²) in [6, 6.07) is 3.97. The summed E-state index contributed by atoms with van der Waals surface area (Å²) in [5, 5.41) is 8.98. The molecule has 0 radical (unpaired) electrons. The van der Waals surface area contributed by atoms with Crippen LogP contribution in [-0.4, -0.2) is 52.4 Å². The Labute approximate surface area is 173 Å². The number of hydrogen-bond donors (Lipinski definition) is 1. The number of benzene rings is 1. The van der Waals surface area contributed by atoms with Crippen LogP contribution in [0, 0.1) is 0 Å². The Balaban J connectivity index is 2.06. The molecule has 0 spiro atoms. The number of allylic oxidation sites excluding steroid dienone is 1. The van der Waals surface area contributed by atoms with Crippen LogP contribution in [0.4, 0.5) is 5.69 Å². The molecule has 0 unspecified atom stereocenters. The number of aliphatic carboxylic acids is 1. The largest absolute Gasteiger partial charge is 0.496 e. The minimum atomic E-state index is -1.10. The minimum absolute atomic E-state index is 0.122. The lowest BCUT2D eigenvalue weighted by Crippen LogP contribution is -2.42. The van der Waals surface area contributed by atoms with E-state index in [0.717, 1.165) is 39.0 Å². The number of hydrogen-bond acceptors (Lipinski definition) is 6. The van der Waals surface area contributed by atoms with Crippen LogP contribution >= 0.6 is 24.0 Å². The second kappa shape index (κ2) is 7.25. The summed E-state index contributed by atoms with van der Waals surface area (Å²) in [6.45, 7) is 5.92. The van der Waals surface area contributed by atoms with Crippen molar-refractivity contribution in [3.05, 3.63) is 34.2 Å². The number of carbonyl (C=O) groups is 2. The summed E-state index contributed by atoms with van der Waals surface area (Å²) >= 11 is 6.27. The summed E-state index contributed by atoms with van der Waals surface area (Å²) in [7, 11) is 3.63. The van der Waals surface area contributed by atoms with E-state index in [-0.39, 0.29) is 9.86 Å². The molecule has 0 aromatic heterocycles. The van der Waals surface area contributed by atoms with Crippen molar-refractivity contribution in [3.63, 3.8) is 0 Å². The SMILES string of the molecule is COc1cc2c(cc1/C=C1\SC(=S)N(CC(=O)O)C1=O)C(C)=CC(C)(C)N2C. The predicted octanol–water partition coefficient (Wildman–Crippen LogP) is 3.61. The van der Waals surface area contributed by atoms with Gasteiger partial charge in [-0.25, -0.2) is 0 Å². The van der Waals surface area contributed by atoms with Crippen molar-refractivity contribution in [1.82, 2.24) is 4.90 Å². The molecule has 1 amide bonds. The van der Waals surface area contributed by atoms with Gasteiger partial charge >= 0.3 is 5.97 Å². The van der Waals surface area contributed by atoms with Gasteiger partial charge in [-0.05, 0) is 38.5 Å². The molecule has 0 saturated carbocycles. The third-order valence-electron chi connectivity index (χ3n) is 5.02. The van der Waals surface area contributed by atoms with Gasteiger partial charge in [-0.15, -0.1) is 0 Å². The van der Waals surface area contributed by atoms with Crippen molar-refractivity contribution in [2.75, 3.05) is 25.6 Å². The highest BCUT2D eigenvalue weighted by Crippen LogP contribution is 2.42. The fourth-order valence-corrected chi connectivity index (χ4v) is 4.64. The van der Waals surface area contributed by atoms with Gasteiger partial charge in [-0.2, -0.15) is 0 Å². The monoisotopic (exact) mass is 418 g/mol. The van der Waals surface area contributed by atoms with E-state index in [0.29, 0.717) is 10.7 Å². The maximum atomic E-state index is 12.6. The summed E-state index contributed by atoms with van der Waals surface area (Å²) in [6.07, 6.45) is 3.92. The molecule has 6 nitrogen and oxygen atoms in total. The van der Waals surface area contributed by atoms with Crippen molar-refractivity contribution < 1.29 is 19.4 Å². The molecular weight excluding hydrogens is 396 g/mol. The Bertz CT molecular complexity index is 950. The molecule has 8 heteroatoms. The maximum absolute atomic E-state index is 12.6. The van der Waals surface area contributed by atoms with Gasteiger partial charge in [-0.3, -0.25) is 14.5 Å². The molecule has 2 aliphatic rings. The highest BCUT2D eigenvalue weighted by atomic mass is 32.2. The zero-order chi connectivity index (χ0) is 20.8. The first-order chi connectivity index (χ1) is 13.0. The van der Waals surface area contributed by atoms with Crippen LogP contribution in [0.2, 0.25) is 0 Å². The molecule has 28 heavy (non-hydrogen) atoms. The molecule has 1 aromatic carbocycles. The van der Waals surface area contributed by atoms with Crippen molar-refractivity contribution >= 4 is 57.5 Å². The molecule has 1 fully saturated rings. The average Bonchev–Trinajstić information content (AvgIpc) is 2.86. The second-order valence-electron chi connectivity index (χ2n) is 7.31. The number of methoxy groups -OCH3 is 1. The fourth-order valence-electron chi connectivity index (χ4n) is 3.40. The number of ether oxygens (including phenoxy) is 1. The van der Waals surface area contributed by atoms with Gasteiger partial charge < -0.3 is 14.7 Å². The zero-order valence-corrected chi connectivity index (χ0v) is 18.0. The van der Waals surface area contributed by atoms with E-state index in [2.05, 4.69) is 31.7 Å². The number of nitrogens with zero attached hydrogens (tertiary/aromatic N) is 2. The topological polar surface area (TPSA) is 70.1 Å². The predicted molar refractivity (Wildman–Crippen MR) is 117 cm³/mol. The van der Waals surface area contributed by atoms with E-state index >= 15 is 0 Å². The van der Waals surface area contributed by atoms with Crippen molar-refractivity contribution in [2.45, 2.75) is 26.3 Å². The van der Waals surface area contributed by atoms with Gasteiger partial charge in [0.2, 0.25) is 0 Å². The Kier molecular flexibility index (Phi) is 5.29. The van der Waals surface area contributed by atoms with Crippen LogP contribution in [0.5, 0.6) is 5.75 Å². The van der Waals surface area contributed by atoms with E-state index in [1.165, 1.54) is 0 Å². The Morgan fingerprint density at radius 2 is 2.07 bits per heavy atom. The molecule has 2 heterocycles. The van der Waals surface area contributed by atoms with Crippen LogP contribution in [0.1, 0.15) is 31.9 Å². The average molecular weight is 419 g/mol. The standard InChI is InChI=1S/C20H22N2O4S2/c1-11-9-20(2,3)21(4)14-8-15(26-5)12(6-13(11)14)7-16-18(25)22(10-17(23)24)19(27)28-16/h6-9H,10H2,1-5H3,(H,23,24)/b16-7-. The number of carboxylic acids is 1. The number of fused-ring (bicyclic) bond motifs is 1. The number of likely N-dealkylation sites (N-methyl/N-ethyl adjacent to an activating group) is 1. The van der Waals surface area contributed by atoms with E-state index in [4.69, 9.17) is 22.1 Å². The smallest absolute Gasteiger partial charge is 0.323 e. The molecule has 0 atom stereocenters. The van der Waals surface area contributed by atoms with Gasteiger partial charge in [0.05, 0.1) is 17.6 Å². The Morgan fingerprint density at radius 1 is 1.39 bits per heavy atom. The quantitative estimate of drug-likeness (QED) is 0.592. The Hall–Kier alpha value is -2.32. The van der Waals surface area contributed by atoms with Crippen LogP contribution in [0.3, 0.4) is 0 Å². The number of carboxylic acid groups (broad SMARTS) is 1. The lowest BCUT2D eigenvalue weighted by Gasteiger charge is -2.41. The van der Waals surface area contributed by atoms with Gasteiger partial charge in [0.15, 0.2) is 0 Å². The minimum Gasteiger partial charge on any atom is -0.496 e. The number of thioether (sulfide) groups is 1. The number of anilines is 1. The number of rotatable bonds is 4. The maximum Gasteiger partial charge on any atom is 0.323 e. The Morgan fingerprint density at radius 3 is 2.68 bits per heavy atom. The lowest BCUT2D eigenvalue weighted by atomic mass is 9.88. The van der Waals surface area contributed by atoms with Crippen LogP contribution in [-0.2, 0) is 9.59 Å². The summed E-state index contributed by atoms with van der Waals surface area (Å²) < 4.78 is 5.82. The van der Waals surface area contributed by atoms with Crippen molar-refractivity contribution in [3.8, 4) is 5.75 Å². The van der Waals surface area contributed by atoms with Crippen molar-refractivity contribution in [1.29, 1.82) is 0 Å². The van der Waals surface area contributed by atoms with Gasteiger partial charge in [0.1, 0.15) is 16.6 Å². The van der Waals surface area contributed by atoms with Crippen LogP contribution < -0.4 is 9.64 Å². The first-order valence-corrected chi connectivity index (χ1v) is 9.90. The van der Waals surface area contributed by atoms with Crippen molar-refractivity contribution in [2.24, 2.45) is 0 Å². The summed E-state index contributed by atoms with van der Waals surface area (Å²) in [5.41, 5.74) is 3.89. The third-order valence-corrected chi connectivity index (χ3v) is 6.40. The molecule has 148 valence electrons. The highest BCUT2D eigenvalue weighted by molar-refractivity contribution is 8.26. The molecule has 2 aliphatic heterocycles. The molecule has 3 rings (SSSR count). The fraction of sp³-hybridized carbons (Fsp3) is 0.350. The molecule has 1 aromatic rings. The van der Waals surface area contributed by atoms with Gasteiger partial charge in [0.25, 0.3) is 5.91 Å². The number of amides is 1. The highest BCUT2D eigenvalue weighted by Gasteiger charge is 2.34. The van der Waals surface area contributed by atoms with Crippen LogP contribution in [0.15, 0.2) is 23.1 Å². The zero-order valence-electron chi connectivity index (χ0n) is 16.4. The van der Waals surface area contributed by atoms with E-state index in [9.17, 15) is 9.59 Å². The molecular formula is C20H22N2O4S2. The first-order valence-electron chi connectivity index (χ1n) is 8.68. The normalized spacial score (nSPS) is 19.8. The van der Waals surface area contributed by atoms with Gasteiger partial charge in [-0.1, -0.05) is 30.1 Å². The van der Waals surface area contributed by atoms with E-state index in [1.807, 2.05) is 19.2 Å². The molecule has 1 N–H and O–H groups in total. The summed E-state index contributed by atoms with van der Waals surface area (Å²) in [5.74, 6) is -0.863. The first kappa shape index (κ1) is 20.4. The molecule has 0 aliphatic carbocycles. The second-order valence-corrected chi connectivity index (χ2v) is 8.99. The third kappa shape index (κ3) is 3.54. The van der Waals surface area contributed by atoms with E-state index < -0.39 is 18.4 Å². The molecule has 0 bridgehead atoms.